The van der Waals surface area contributed by atoms with Crippen LogP contribution >= 0.6 is 0 Å². The van der Waals surface area contributed by atoms with Gasteiger partial charge in [0.2, 0.25) is 0 Å². The van der Waals surface area contributed by atoms with Crippen molar-refractivity contribution in [3.8, 4) is 11.5 Å². The van der Waals surface area contributed by atoms with Crippen LogP contribution in [0.2, 0.25) is 0 Å². The molecule has 0 saturated carbocycles. The third-order valence-corrected chi connectivity index (χ3v) is 4.54. The summed E-state index contributed by atoms with van der Waals surface area (Å²) in [6.07, 6.45) is -4.17. The van der Waals surface area contributed by atoms with Gasteiger partial charge in [0, 0.05) is 18.8 Å². The van der Waals surface area contributed by atoms with Gasteiger partial charge in [0.25, 0.3) is 17.7 Å². The molecule has 0 unspecified atom stereocenters. The normalized spacial score (nSPS) is 11.8. The lowest BCUT2D eigenvalue weighted by molar-refractivity contribution is -0.140. The van der Waals surface area contributed by atoms with Crippen LogP contribution in [-0.4, -0.2) is 16.8 Å². The van der Waals surface area contributed by atoms with E-state index in [0.717, 1.165) is 30.5 Å². The van der Waals surface area contributed by atoms with E-state index < -0.39 is 63.7 Å². The maximum absolute atomic E-state index is 14.9. The van der Waals surface area contributed by atoms with E-state index in [1.165, 1.54) is 0 Å². The quantitative estimate of drug-likeness (QED) is 0.428. The molecule has 0 saturated heterocycles. The Hall–Kier alpha value is -4.16. The van der Waals surface area contributed by atoms with Crippen LogP contribution in [0.1, 0.15) is 38.9 Å². The maximum Gasteiger partial charge on any atom is 0.419 e. The van der Waals surface area contributed by atoms with Crippen molar-refractivity contribution < 1.29 is 45.1 Å². The SMILES string of the molecule is CC(F)(F)c1cc(F)ccc1Oc1ccc(C(F)(F)F)c(F)c1C(=O)Nc1ccnc(C(N)=O)c1. The second-order valence-corrected chi connectivity index (χ2v) is 7.18. The number of nitrogens with one attached hydrogen (secondary N) is 1. The van der Waals surface area contributed by atoms with E-state index in [-0.39, 0.29) is 17.4 Å². The van der Waals surface area contributed by atoms with E-state index in [0.29, 0.717) is 19.1 Å². The number of pyridine rings is 1. The topological polar surface area (TPSA) is 94.3 Å². The fraction of sp³-hybridized carbons (Fsp3) is 0.136. The largest absolute Gasteiger partial charge is 0.456 e. The van der Waals surface area contributed by atoms with E-state index in [1.807, 2.05) is 0 Å². The number of amides is 2. The smallest absolute Gasteiger partial charge is 0.419 e. The van der Waals surface area contributed by atoms with Crippen LogP contribution in [0.15, 0.2) is 48.7 Å². The Labute approximate surface area is 192 Å². The minimum absolute atomic E-state index is 0.191. The van der Waals surface area contributed by atoms with Crippen molar-refractivity contribution in [2.75, 3.05) is 5.32 Å². The summed E-state index contributed by atoms with van der Waals surface area (Å²) in [5, 5.41) is 2.07. The van der Waals surface area contributed by atoms with Gasteiger partial charge in [-0.05, 0) is 42.5 Å². The summed E-state index contributed by atoms with van der Waals surface area (Å²) in [6.45, 7) is 0.412. The van der Waals surface area contributed by atoms with E-state index >= 15 is 0 Å². The van der Waals surface area contributed by atoms with Crippen molar-refractivity contribution in [3.63, 3.8) is 0 Å². The molecule has 0 bridgehead atoms. The van der Waals surface area contributed by atoms with Gasteiger partial charge in [-0.2, -0.15) is 13.2 Å². The molecular weight excluding hydrogens is 487 g/mol. The molecule has 3 N–H and O–H groups in total. The zero-order valence-electron chi connectivity index (χ0n) is 17.5. The molecule has 0 radical (unpaired) electrons. The number of hydrogen-bond acceptors (Lipinski definition) is 4. The van der Waals surface area contributed by atoms with Gasteiger partial charge in [0.05, 0.1) is 11.1 Å². The average molecular weight is 501 g/mol. The number of hydrogen-bond donors (Lipinski definition) is 2. The van der Waals surface area contributed by atoms with Crippen molar-refractivity contribution >= 4 is 17.5 Å². The third-order valence-electron chi connectivity index (χ3n) is 4.54. The van der Waals surface area contributed by atoms with Gasteiger partial charge in [0.1, 0.15) is 28.6 Å². The highest BCUT2D eigenvalue weighted by Gasteiger charge is 2.38. The number of carbonyl (C=O) groups excluding carboxylic acids is 2. The number of primary amides is 1. The van der Waals surface area contributed by atoms with Gasteiger partial charge in [0.15, 0.2) is 5.82 Å². The van der Waals surface area contributed by atoms with Crippen LogP contribution in [0.5, 0.6) is 11.5 Å². The van der Waals surface area contributed by atoms with Crippen molar-refractivity contribution in [1.82, 2.24) is 4.98 Å². The number of rotatable bonds is 6. The number of aromatic nitrogens is 1. The Bertz CT molecular complexity index is 1300. The molecule has 184 valence electrons. The number of carbonyl (C=O) groups is 2. The highest BCUT2D eigenvalue weighted by Crippen LogP contribution is 2.41. The van der Waals surface area contributed by atoms with E-state index in [4.69, 9.17) is 10.5 Å². The van der Waals surface area contributed by atoms with Crippen molar-refractivity contribution in [2.45, 2.75) is 19.0 Å². The van der Waals surface area contributed by atoms with Crippen LogP contribution in [0.3, 0.4) is 0 Å². The number of nitrogens with zero attached hydrogens (tertiary/aromatic N) is 1. The van der Waals surface area contributed by atoms with Gasteiger partial charge < -0.3 is 15.8 Å². The lowest BCUT2D eigenvalue weighted by atomic mass is 10.1. The predicted molar refractivity (Wildman–Crippen MR) is 108 cm³/mol. The number of benzene rings is 2. The fourth-order valence-electron chi connectivity index (χ4n) is 2.96. The molecule has 2 amide bonds. The molecular formula is C22H14F7N3O3. The molecule has 0 spiro atoms. The van der Waals surface area contributed by atoms with Gasteiger partial charge >= 0.3 is 6.18 Å². The number of nitrogens with two attached hydrogens (primary N) is 1. The van der Waals surface area contributed by atoms with Gasteiger partial charge in [-0.1, -0.05) is 0 Å². The molecule has 0 aliphatic rings. The molecule has 0 aliphatic carbocycles. The molecule has 3 aromatic rings. The highest BCUT2D eigenvalue weighted by atomic mass is 19.4. The second-order valence-electron chi connectivity index (χ2n) is 7.18. The number of ether oxygens (including phenoxy) is 1. The third kappa shape index (κ3) is 5.67. The lowest BCUT2D eigenvalue weighted by Gasteiger charge is -2.19. The first kappa shape index (κ1) is 25.5. The Morgan fingerprint density at radius 2 is 1.60 bits per heavy atom. The van der Waals surface area contributed by atoms with E-state index in [9.17, 15) is 40.3 Å². The molecule has 0 atom stereocenters. The Balaban J connectivity index is 2.12. The van der Waals surface area contributed by atoms with E-state index in [2.05, 4.69) is 10.3 Å². The number of alkyl halides is 5. The Morgan fingerprint density at radius 3 is 2.20 bits per heavy atom. The van der Waals surface area contributed by atoms with Gasteiger partial charge in [-0.3, -0.25) is 14.6 Å². The molecule has 3 rings (SSSR count). The molecule has 1 aromatic heterocycles. The monoisotopic (exact) mass is 501 g/mol. The van der Waals surface area contributed by atoms with Crippen LogP contribution in [0.4, 0.5) is 36.4 Å². The molecule has 1 heterocycles. The first-order valence-corrected chi connectivity index (χ1v) is 9.51. The van der Waals surface area contributed by atoms with Gasteiger partial charge in [-0.25, -0.2) is 17.6 Å². The minimum atomic E-state index is -5.22. The summed E-state index contributed by atoms with van der Waals surface area (Å²) in [6, 6.07) is 4.83. The molecule has 0 aliphatic heterocycles. The van der Waals surface area contributed by atoms with Crippen molar-refractivity contribution in [1.29, 1.82) is 0 Å². The summed E-state index contributed by atoms with van der Waals surface area (Å²) in [5.74, 6) is -10.8. The molecule has 35 heavy (non-hydrogen) atoms. The first-order valence-electron chi connectivity index (χ1n) is 9.51. The Morgan fingerprint density at radius 1 is 0.943 bits per heavy atom. The van der Waals surface area contributed by atoms with Crippen molar-refractivity contribution in [3.05, 3.63) is 82.7 Å². The standard InChI is InChI=1S/C22H14F7N3O3/c1-21(25,26)13-8-10(23)2-4-15(13)35-16-5-3-12(22(27,28)29)18(24)17(16)20(34)32-11-6-7-31-14(9-11)19(30)33/h2-9H,1H3,(H2,30,33)(H,31,32,34). The minimum Gasteiger partial charge on any atom is -0.456 e. The molecule has 13 heteroatoms. The van der Waals surface area contributed by atoms with Gasteiger partial charge in [-0.15, -0.1) is 0 Å². The fourth-order valence-corrected chi connectivity index (χ4v) is 2.96. The number of anilines is 1. The number of halogens is 7. The first-order chi connectivity index (χ1) is 16.2. The summed E-state index contributed by atoms with van der Waals surface area (Å²) in [7, 11) is 0. The van der Waals surface area contributed by atoms with Crippen LogP contribution in [0.25, 0.3) is 0 Å². The van der Waals surface area contributed by atoms with Crippen LogP contribution in [-0.2, 0) is 12.1 Å². The zero-order chi connectivity index (χ0) is 26.1. The summed E-state index contributed by atoms with van der Waals surface area (Å²) in [4.78, 5) is 27.7. The molecule has 2 aromatic carbocycles. The molecule has 0 fully saturated rings. The summed E-state index contributed by atoms with van der Waals surface area (Å²) in [5.41, 5.74) is 0.462. The summed E-state index contributed by atoms with van der Waals surface area (Å²) >= 11 is 0. The second kappa shape index (κ2) is 9.24. The lowest BCUT2D eigenvalue weighted by Crippen LogP contribution is -2.20. The Kier molecular flexibility index (Phi) is 6.72. The molecule has 6 nitrogen and oxygen atoms in total. The predicted octanol–water partition coefficient (Wildman–Crippen LogP) is 5.63. The van der Waals surface area contributed by atoms with Crippen LogP contribution in [0, 0.1) is 11.6 Å². The zero-order valence-corrected chi connectivity index (χ0v) is 17.5. The maximum atomic E-state index is 14.9. The van der Waals surface area contributed by atoms with E-state index in [1.54, 1.807) is 0 Å². The summed E-state index contributed by atoms with van der Waals surface area (Å²) < 4.78 is 101. The average Bonchev–Trinajstić information content (AvgIpc) is 2.73. The van der Waals surface area contributed by atoms with Crippen LogP contribution < -0.4 is 15.8 Å². The highest BCUT2D eigenvalue weighted by molar-refractivity contribution is 6.07. The van der Waals surface area contributed by atoms with Crippen molar-refractivity contribution in [2.24, 2.45) is 5.73 Å².